The summed E-state index contributed by atoms with van der Waals surface area (Å²) in [7, 11) is 0. The van der Waals surface area contributed by atoms with E-state index in [0.717, 1.165) is 65.1 Å². The van der Waals surface area contributed by atoms with Crippen LogP contribution in [0.4, 0.5) is 5.82 Å². The number of aliphatic imine (C=N–C) groups is 1. The van der Waals surface area contributed by atoms with Crippen molar-refractivity contribution in [3.05, 3.63) is 151 Å². The van der Waals surface area contributed by atoms with E-state index in [1.54, 1.807) is 6.08 Å². The number of unbranched alkanes of at least 4 members (excludes halogenated alkanes) is 2. The number of anilines is 1. The van der Waals surface area contributed by atoms with Crippen LogP contribution in [-0.2, 0) is 0 Å². The highest BCUT2D eigenvalue weighted by Gasteiger charge is 2.25. The Bertz CT molecular complexity index is 1400. The minimum atomic E-state index is -0.0909. The highest BCUT2D eigenvalue weighted by Crippen LogP contribution is 2.38. The molecule has 0 amide bonds. The predicted molar refractivity (Wildman–Crippen MR) is 176 cm³/mol. The third-order valence-electron chi connectivity index (χ3n) is 6.52. The van der Waals surface area contributed by atoms with Gasteiger partial charge in [-0.25, -0.2) is 4.99 Å². The van der Waals surface area contributed by atoms with Crippen LogP contribution in [0.25, 0.3) is 11.6 Å². The molecule has 0 saturated heterocycles. The number of nitrogens with two attached hydrogens (primary N) is 1. The van der Waals surface area contributed by atoms with Gasteiger partial charge in [0, 0.05) is 23.0 Å². The summed E-state index contributed by atoms with van der Waals surface area (Å²) < 4.78 is 0. The highest BCUT2D eigenvalue weighted by molar-refractivity contribution is 6.04. The molecule has 1 aliphatic heterocycles. The number of H-pyrrole nitrogens is 1. The molecule has 1 aliphatic rings. The molecule has 206 valence electrons. The SMILES string of the molecule is C=CCCC=CC(=CC1NC(=C)/C(=C(C)/C=C\c2cc[nH]c2N)c2ccccc21)/N=C(\C=C)C=C/C=C\CCC. The lowest BCUT2D eigenvalue weighted by Gasteiger charge is -2.30. The van der Waals surface area contributed by atoms with Crippen molar-refractivity contribution in [1.29, 1.82) is 0 Å². The summed E-state index contributed by atoms with van der Waals surface area (Å²) in [5, 5.41) is 3.63. The fourth-order valence-corrected chi connectivity index (χ4v) is 4.43. The number of nitrogens with zero attached hydrogens (tertiary/aromatic N) is 1. The van der Waals surface area contributed by atoms with E-state index in [9.17, 15) is 0 Å². The lowest BCUT2D eigenvalue weighted by Crippen LogP contribution is -2.26. The second kappa shape index (κ2) is 15.7. The maximum atomic E-state index is 6.02. The third kappa shape index (κ3) is 8.47. The first-order chi connectivity index (χ1) is 19.5. The van der Waals surface area contributed by atoms with Crippen molar-refractivity contribution in [3.8, 4) is 0 Å². The molecule has 4 nitrogen and oxygen atoms in total. The smallest absolute Gasteiger partial charge is 0.107 e. The van der Waals surface area contributed by atoms with Crippen LogP contribution in [-0.4, -0.2) is 10.7 Å². The van der Waals surface area contributed by atoms with Crippen molar-refractivity contribution in [2.24, 2.45) is 4.99 Å². The lowest BCUT2D eigenvalue weighted by molar-refractivity contribution is 0.711. The van der Waals surface area contributed by atoms with E-state index < -0.39 is 0 Å². The number of fused-ring (bicyclic) bond motifs is 1. The molecule has 1 aromatic heterocycles. The Morgan fingerprint density at radius 3 is 2.58 bits per heavy atom. The average Bonchev–Trinajstić information content (AvgIpc) is 3.37. The van der Waals surface area contributed by atoms with Crippen LogP contribution in [0.1, 0.15) is 62.3 Å². The Morgan fingerprint density at radius 1 is 1.02 bits per heavy atom. The van der Waals surface area contributed by atoms with Gasteiger partial charge >= 0.3 is 0 Å². The van der Waals surface area contributed by atoms with Gasteiger partial charge in [-0.05, 0) is 73.3 Å². The summed E-state index contributed by atoms with van der Waals surface area (Å²) in [6.45, 7) is 16.5. The fraction of sp³-hybridized carbons (Fsp3) is 0.194. The van der Waals surface area contributed by atoms with Crippen molar-refractivity contribution in [2.75, 3.05) is 5.73 Å². The molecule has 2 aromatic rings. The van der Waals surface area contributed by atoms with Crippen LogP contribution in [0.5, 0.6) is 0 Å². The van der Waals surface area contributed by atoms with Gasteiger partial charge in [-0.2, -0.15) is 0 Å². The largest absolute Gasteiger partial charge is 0.385 e. The maximum Gasteiger partial charge on any atom is 0.107 e. The molecular formula is C36H42N4. The minimum Gasteiger partial charge on any atom is -0.385 e. The van der Waals surface area contributed by atoms with E-state index in [1.165, 1.54) is 5.56 Å². The summed E-state index contributed by atoms with van der Waals surface area (Å²) >= 11 is 0. The molecule has 0 bridgehead atoms. The first-order valence-electron chi connectivity index (χ1n) is 13.9. The molecule has 0 saturated carbocycles. The zero-order chi connectivity index (χ0) is 28.7. The molecule has 2 heterocycles. The van der Waals surface area contributed by atoms with Crippen LogP contribution in [0.3, 0.4) is 0 Å². The molecule has 1 atom stereocenters. The molecule has 0 fully saturated rings. The number of nitrogen functional groups attached to an aromatic ring is 1. The van der Waals surface area contributed by atoms with E-state index in [4.69, 9.17) is 10.7 Å². The first-order valence-corrected chi connectivity index (χ1v) is 13.9. The molecule has 40 heavy (non-hydrogen) atoms. The second-order valence-electron chi connectivity index (χ2n) is 9.60. The van der Waals surface area contributed by atoms with Crippen LogP contribution < -0.4 is 11.1 Å². The Labute approximate surface area is 240 Å². The Morgan fingerprint density at radius 2 is 1.85 bits per heavy atom. The topological polar surface area (TPSA) is 66.2 Å². The van der Waals surface area contributed by atoms with E-state index in [0.29, 0.717) is 5.82 Å². The van der Waals surface area contributed by atoms with Crippen molar-refractivity contribution < 1.29 is 0 Å². The molecule has 3 rings (SSSR count). The zero-order valence-electron chi connectivity index (χ0n) is 23.9. The molecule has 4 N–H and O–H groups in total. The van der Waals surface area contributed by atoms with Gasteiger partial charge in [-0.1, -0.05) is 93.3 Å². The summed E-state index contributed by atoms with van der Waals surface area (Å²) in [6, 6.07) is 10.3. The molecule has 1 unspecified atom stereocenters. The molecule has 0 radical (unpaired) electrons. The zero-order valence-corrected chi connectivity index (χ0v) is 23.9. The van der Waals surface area contributed by atoms with E-state index in [-0.39, 0.29) is 6.04 Å². The van der Waals surface area contributed by atoms with Gasteiger partial charge in [0.15, 0.2) is 0 Å². The third-order valence-corrected chi connectivity index (χ3v) is 6.52. The van der Waals surface area contributed by atoms with Crippen LogP contribution in [0.15, 0.2) is 139 Å². The number of rotatable bonds is 13. The van der Waals surface area contributed by atoms with Gasteiger partial charge in [-0.15, -0.1) is 6.58 Å². The number of benzene rings is 1. The fourth-order valence-electron chi connectivity index (χ4n) is 4.43. The quantitative estimate of drug-likeness (QED) is 0.105. The van der Waals surface area contributed by atoms with Gasteiger partial charge in [0.05, 0.1) is 17.5 Å². The summed E-state index contributed by atoms with van der Waals surface area (Å²) in [6.07, 6.45) is 28.3. The monoisotopic (exact) mass is 530 g/mol. The predicted octanol–water partition coefficient (Wildman–Crippen LogP) is 9.19. The van der Waals surface area contributed by atoms with E-state index in [1.807, 2.05) is 36.6 Å². The molecule has 0 aliphatic carbocycles. The Hall–Kier alpha value is -4.57. The summed E-state index contributed by atoms with van der Waals surface area (Å²) in [5.74, 6) is 0.653. The van der Waals surface area contributed by atoms with E-state index in [2.05, 4.69) is 105 Å². The summed E-state index contributed by atoms with van der Waals surface area (Å²) in [5.41, 5.74) is 14.0. The minimum absolute atomic E-state index is 0.0909. The van der Waals surface area contributed by atoms with Gasteiger partial charge < -0.3 is 16.0 Å². The molecule has 0 spiro atoms. The number of nitrogens with one attached hydrogen (secondary N) is 2. The van der Waals surface area contributed by atoms with Crippen LogP contribution in [0.2, 0.25) is 0 Å². The summed E-state index contributed by atoms with van der Waals surface area (Å²) in [4.78, 5) is 7.96. The van der Waals surface area contributed by atoms with Gasteiger partial charge in [0.25, 0.3) is 0 Å². The van der Waals surface area contributed by atoms with Crippen LogP contribution >= 0.6 is 0 Å². The highest BCUT2D eigenvalue weighted by atomic mass is 14.9. The van der Waals surface area contributed by atoms with E-state index >= 15 is 0 Å². The molecule has 4 heteroatoms. The Kier molecular flexibility index (Phi) is 11.8. The molecule has 1 aromatic carbocycles. The van der Waals surface area contributed by atoms with Crippen molar-refractivity contribution >= 4 is 23.2 Å². The van der Waals surface area contributed by atoms with Crippen molar-refractivity contribution in [2.45, 2.75) is 45.6 Å². The second-order valence-corrected chi connectivity index (χ2v) is 9.60. The van der Waals surface area contributed by atoms with Gasteiger partial charge in [-0.3, -0.25) is 0 Å². The van der Waals surface area contributed by atoms with Crippen molar-refractivity contribution in [3.63, 3.8) is 0 Å². The van der Waals surface area contributed by atoms with Gasteiger partial charge in [0.1, 0.15) is 5.82 Å². The first kappa shape index (κ1) is 30.0. The number of hydrogen-bond donors (Lipinski definition) is 3. The molecular weight excluding hydrogens is 488 g/mol. The maximum absolute atomic E-state index is 6.02. The lowest BCUT2D eigenvalue weighted by atomic mass is 9.86. The Balaban J connectivity index is 2.01. The average molecular weight is 531 g/mol. The van der Waals surface area contributed by atoms with Crippen LogP contribution in [0, 0.1) is 0 Å². The number of aromatic amines is 1. The number of allylic oxidation sites excluding steroid dienone is 11. The van der Waals surface area contributed by atoms with Gasteiger partial charge in [0.2, 0.25) is 0 Å². The number of aromatic nitrogens is 1. The standard InChI is InChI=1S/C36H42N4/c1-6-9-11-13-15-18-30(8-3)40-31(19-14-12-10-7-2)26-34-32-20-16-17-21-33(32)35(28(5)39-34)27(4)22-23-29-24-25-38-36(29)37/h7-8,11,13-26,34,38-39H,2-3,5-6,9-10,12,37H2,1,4H3/b13-11-,18-15?,19-14?,23-22-,31-26?,35-27-,40-30+. The normalized spacial score (nSPS) is 17.6. The van der Waals surface area contributed by atoms with Crippen molar-refractivity contribution in [1.82, 2.24) is 10.3 Å². The number of hydrogen-bond acceptors (Lipinski definition) is 3.